The van der Waals surface area contributed by atoms with Gasteiger partial charge < -0.3 is 8.85 Å². The largest absolute Gasteiger partial charge is 0.390 e. The Hall–Kier alpha value is -0.253. The quantitative estimate of drug-likeness (QED) is 0.630. The molecule has 0 unspecified atom stereocenters. The molecule has 124 valence electrons. The van der Waals surface area contributed by atoms with Crippen LogP contribution in [0.1, 0.15) is 41.5 Å². The minimum atomic E-state index is -3.98. The van der Waals surface area contributed by atoms with Gasteiger partial charge in [-0.25, -0.2) is 5.14 Å². The first-order valence-corrected chi connectivity index (χ1v) is 10.2. The molecule has 2 N–H and O–H groups in total. The summed E-state index contributed by atoms with van der Waals surface area (Å²) in [5.74, 6) is 0. The van der Waals surface area contributed by atoms with Crippen molar-refractivity contribution < 1.29 is 21.5 Å². The highest BCUT2D eigenvalue weighted by Crippen LogP contribution is 2.53. The Labute approximate surface area is 129 Å². The van der Waals surface area contributed by atoms with E-state index in [1.807, 2.05) is 6.08 Å². The molecular weight excluding hydrogens is 310 g/mol. The highest BCUT2D eigenvalue weighted by atomic mass is 32.2. The van der Waals surface area contributed by atoms with E-state index in [0.717, 1.165) is 0 Å². The van der Waals surface area contributed by atoms with E-state index in [9.17, 15) is 8.42 Å². The Kier molecular flexibility index (Phi) is 5.45. The molecule has 0 aliphatic carbocycles. The SMILES string of the molecule is CC(C)(C)[Si]1(C(C)(C)C)OCC=C[C@@H](COS(N)(=O)=O)O1. The van der Waals surface area contributed by atoms with Gasteiger partial charge in [0.05, 0.1) is 19.3 Å². The molecule has 1 rings (SSSR count). The summed E-state index contributed by atoms with van der Waals surface area (Å²) in [5, 5.41) is 4.51. The molecule has 8 heteroatoms. The molecule has 1 aliphatic heterocycles. The second-order valence-electron chi connectivity index (χ2n) is 7.29. The highest BCUT2D eigenvalue weighted by molar-refractivity contribution is 7.84. The van der Waals surface area contributed by atoms with E-state index in [2.05, 4.69) is 45.7 Å². The molecule has 0 aromatic rings. The van der Waals surface area contributed by atoms with E-state index in [-0.39, 0.29) is 16.7 Å². The fourth-order valence-electron chi connectivity index (χ4n) is 2.82. The van der Waals surface area contributed by atoms with Crippen molar-refractivity contribution in [2.75, 3.05) is 13.2 Å². The smallest absolute Gasteiger partial charge is 0.350 e. The average molecular weight is 338 g/mol. The van der Waals surface area contributed by atoms with Gasteiger partial charge >= 0.3 is 18.9 Å². The zero-order chi connectivity index (χ0) is 16.5. The van der Waals surface area contributed by atoms with Crippen LogP contribution in [0.4, 0.5) is 0 Å². The van der Waals surface area contributed by atoms with E-state index in [1.54, 1.807) is 6.08 Å². The van der Waals surface area contributed by atoms with Crippen LogP contribution in [0.3, 0.4) is 0 Å². The maximum atomic E-state index is 11.0. The highest BCUT2D eigenvalue weighted by Gasteiger charge is 2.59. The van der Waals surface area contributed by atoms with Gasteiger partial charge in [-0.1, -0.05) is 53.7 Å². The number of nitrogens with two attached hydrogens (primary N) is 1. The van der Waals surface area contributed by atoms with Gasteiger partial charge in [0.25, 0.3) is 0 Å². The van der Waals surface area contributed by atoms with Crippen LogP contribution in [0.25, 0.3) is 0 Å². The molecule has 1 aliphatic rings. The molecular formula is C13H27NO5SSi. The van der Waals surface area contributed by atoms with Crippen molar-refractivity contribution in [1.82, 2.24) is 0 Å². The molecule has 6 nitrogen and oxygen atoms in total. The third kappa shape index (κ3) is 4.61. The Morgan fingerprint density at radius 3 is 2.19 bits per heavy atom. The number of hydrogen-bond acceptors (Lipinski definition) is 5. The minimum absolute atomic E-state index is 0.139. The van der Waals surface area contributed by atoms with Gasteiger partial charge in [-0.15, -0.1) is 0 Å². The maximum Gasteiger partial charge on any atom is 0.350 e. The predicted octanol–water partition coefficient (Wildman–Crippen LogP) is 2.22. The van der Waals surface area contributed by atoms with E-state index in [4.69, 9.17) is 14.0 Å². The van der Waals surface area contributed by atoms with E-state index < -0.39 is 25.0 Å². The molecule has 0 fully saturated rings. The van der Waals surface area contributed by atoms with Crippen LogP contribution in [0, 0.1) is 0 Å². The van der Waals surface area contributed by atoms with Gasteiger partial charge in [0.15, 0.2) is 0 Å². The van der Waals surface area contributed by atoms with Crippen LogP contribution in [-0.4, -0.2) is 36.3 Å². The summed E-state index contributed by atoms with van der Waals surface area (Å²) in [6, 6.07) is 0. The molecule has 1 atom stereocenters. The van der Waals surface area contributed by atoms with Crippen LogP contribution < -0.4 is 5.14 Å². The van der Waals surface area contributed by atoms with Gasteiger partial charge in [0.1, 0.15) is 0 Å². The molecule has 21 heavy (non-hydrogen) atoms. The van der Waals surface area contributed by atoms with Gasteiger partial charge in [0, 0.05) is 10.1 Å². The Morgan fingerprint density at radius 2 is 1.76 bits per heavy atom. The minimum Gasteiger partial charge on any atom is -0.390 e. The van der Waals surface area contributed by atoms with Gasteiger partial charge in [0.2, 0.25) is 0 Å². The van der Waals surface area contributed by atoms with Crippen molar-refractivity contribution in [3.05, 3.63) is 12.2 Å². The van der Waals surface area contributed by atoms with Crippen LogP contribution in [0.5, 0.6) is 0 Å². The molecule has 0 bridgehead atoms. The first kappa shape index (κ1) is 18.8. The summed E-state index contributed by atoms with van der Waals surface area (Å²) in [4.78, 5) is 0. The first-order chi connectivity index (χ1) is 9.29. The van der Waals surface area contributed by atoms with Gasteiger partial charge in [-0.3, -0.25) is 4.18 Å². The van der Waals surface area contributed by atoms with Crippen LogP contribution >= 0.6 is 0 Å². The standard InChI is InChI=1S/C13H27NO5SSi/c1-12(2,3)21(13(4,5)6)18-9-7-8-11(19-21)10-17-20(14,15)16/h7-8,11H,9-10H2,1-6H3,(H2,14,15,16)/t11-/m0/s1. The van der Waals surface area contributed by atoms with Crippen molar-refractivity contribution in [2.24, 2.45) is 5.14 Å². The fourth-order valence-corrected chi connectivity index (χ4v) is 7.94. The van der Waals surface area contributed by atoms with Crippen molar-refractivity contribution >= 4 is 18.9 Å². The second kappa shape index (κ2) is 6.09. The molecule has 1 heterocycles. The lowest BCUT2D eigenvalue weighted by Crippen LogP contribution is -2.58. The Bertz CT molecular complexity index is 476. The summed E-state index contributed by atoms with van der Waals surface area (Å²) >= 11 is 0. The molecule has 0 radical (unpaired) electrons. The predicted molar refractivity (Wildman–Crippen MR) is 84.2 cm³/mol. The normalized spacial score (nSPS) is 23.9. The van der Waals surface area contributed by atoms with Gasteiger partial charge in [-0.05, 0) is 0 Å². The molecule has 0 aromatic heterocycles. The zero-order valence-corrected chi connectivity index (χ0v) is 15.5. The van der Waals surface area contributed by atoms with Crippen LogP contribution in [0.2, 0.25) is 10.1 Å². The third-order valence-electron chi connectivity index (χ3n) is 3.42. The summed E-state index contributed by atoms with van der Waals surface area (Å²) in [6.45, 7) is 12.9. The summed E-state index contributed by atoms with van der Waals surface area (Å²) in [7, 11) is -6.66. The zero-order valence-electron chi connectivity index (χ0n) is 13.7. The molecule has 0 amide bonds. The lowest BCUT2D eigenvalue weighted by Gasteiger charge is -2.49. The Balaban J connectivity index is 3.07. The summed E-state index contributed by atoms with van der Waals surface area (Å²) in [6.07, 6.45) is 3.12. The fraction of sp³-hybridized carbons (Fsp3) is 0.846. The first-order valence-electron chi connectivity index (χ1n) is 6.94. The lowest BCUT2D eigenvalue weighted by molar-refractivity contribution is 0.0892. The molecule has 0 aromatic carbocycles. The van der Waals surface area contributed by atoms with E-state index in [1.165, 1.54) is 0 Å². The Morgan fingerprint density at radius 1 is 1.24 bits per heavy atom. The van der Waals surface area contributed by atoms with Crippen molar-refractivity contribution in [1.29, 1.82) is 0 Å². The van der Waals surface area contributed by atoms with Crippen molar-refractivity contribution in [3.8, 4) is 0 Å². The maximum absolute atomic E-state index is 11.0. The topological polar surface area (TPSA) is 87.9 Å². The summed E-state index contributed by atoms with van der Waals surface area (Å²) < 4.78 is 39.1. The second-order valence-corrected chi connectivity index (χ2v) is 13.3. The molecule has 0 saturated heterocycles. The van der Waals surface area contributed by atoms with E-state index >= 15 is 0 Å². The molecule has 0 spiro atoms. The van der Waals surface area contributed by atoms with E-state index in [0.29, 0.717) is 6.61 Å². The van der Waals surface area contributed by atoms with Crippen LogP contribution in [-0.2, 0) is 23.3 Å². The van der Waals surface area contributed by atoms with Crippen LogP contribution in [0.15, 0.2) is 12.2 Å². The monoisotopic (exact) mass is 337 g/mol. The van der Waals surface area contributed by atoms with Gasteiger partial charge in [-0.2, -0.15) is 8.42 Å². The number of rotatable bonds is 3. The molecule has 0 saturated carbocycles. The number of hydrogen-bond donors (Lipinski definition) is 1. The third-order valence-corrected chi connectivity index (χ3v) is 9.04. The lowest BCUT2D eigenvalue weighted by atomic mass is 10.2. The average Bonchev–Trinajstić information content (AvgIpc) is 2.46. The van der Waals surface area contributed by atoms with Crippen molar-refractivity contribution in [2.45, 2.75) is 57.7 Å². The van der Waals surface area contributed by atoms with Crippen molar-refractivity contribution in [3.63, 3.8) is 0 Å². The summed E-state index contributed by atoms with van der Waals surface area (Å²) in [5.41, 5.74) is 0.